The summed E-state index contributed by atoms with van der Waals surface area (Å²) in [5.41, 5.74) is 0.475. The van der Waals surface area contributed by atoms with Crippen LogP contribution in [0.2, 0.25) is 0 Å². The topological polar surface area (TPSA) is 24.1 Å². The van der Waals surface area contributed by atoms with E-state index in [1.165, 1.54) is 70.9 Å². The van der Waals surface area contributed by atoms with Crippen molar-refractivity contribution in [2.24, 2.45) is 11.3 Å². The van der Waals surface area contributed by atoms with Gasteiger partial charge in [-0.1, -0.05) is 40.0 Å². The maximum atomic E-state index is 3.74. The second-order valence-corrected chi connectivity index (χ2v) is 8.06. The third-order valence-electron chi connectivity index (χ3n) is 5.36. The van der Waals surface area contributed by atoms with E-state index in [-0.39, 0.29) is 0 Å². The number of unbranched alkanes of at least 4 members (excludes halogenated alkanes) is 2. The molecule has 0 radical (unpaired) electrons. The lowest BCUT2D eigenvalue weighted by atomic mass is 9.86. The molecule has 2 heteroatoms. The van der Waals surface area contributed by atoms with E-state index in [2.05, 4.69) is 31.4 Å². The monoisotopic (exact) mass is 280 g/mol. The van der Waals surface area contributed by atoms with Gasteiger partial charge in [0.05, 0.1) is 0 Å². The van der Waals surface area contributed by atoms with Crippen molar-refractivity contribution in [2.45, 2.75) is 90.6 Å². The Labute approximate surface area is 126 Å². The number of rotatable bonds is 9. The first kappa shape index (κ1) is 16.3. The van der Waals surface area contributed by atoms with E-state index in [1.807, 2.05) is 0 Å². The quantitative estimate of drug-likeness (QED) is 0.621. The van der Waals surface area contributed by atoms with Gasteiger partial charge in [0.15, 0.2) is 0 Å². The summed E-state index contributed by atoms with van der Waals surface area (Å²) >= 11 is 0. The van der Waals surface area contributed by atoms with Gasteiger partial charge in [-0.15, -0.1) is 0 Å². The Morgan fingerprint density at radius 1 is 1.10 bits per heavy atom. The molecule has 118 valence electrons. The molecule has 2 bridgehead atoms. The Morgan fingerprint density at radius 3 is 2.45 bits per heavy atom. The average Bonchev–Trinajstić information content (AvgIpc) is 2.74. The van der Waals surface area contributed by atoms with Gasteiger partial charge in [0.2, 0.25) is 0 Å². The van der Waals surface area contributed by atoms with Gasteiger partial charge in [-0.3, -0.25) is 0 Å². The molecule has 0 aromatic rings. The van der Waals surface area contributed by atoms with Crippen molar-refractivity contribution in [1.82, 2.24) is 10.6 Å². The summed E-state index contributed by atoms with van der Waals surface area (Å²) in [5.74, 6) is 0.976. The normalized spacial score (nSPS) is 29.9. The van der Waals surface area contributed by atoms with Gasteiger partial charge in [-0.2, -0.15) is 0 Å². The molecule has 2 aliphatic heterocycles. The zero-order valence-corrected chi connectivity index (χ0v) is 14.0. The lowest BCUT2D eigenvalue weighted by molar-refractivity contribution is 0.267. The molecular formula is C18H36N2. The van der Waals surface area contributed by atoms with Crippen molar-refractivity contribution in [1.29, 1.82) is 0 Å². The van der Waals surface area contributed by atoms with E-state index < -0.39 is 0 Å². The fraction of sp³-hybridized carbons (Fsp3) is 1.00. The fourth-order valence-corrected chi connectivity index (χ4v) is 4.09. The Balaban J connectivity index is 1.54. The highest BCUT2D eigenvalue weighted by Crippen LogP contribution is 2.32. The minimum absolute atomic E-state index is 0.475. The van der Waals surface area contributed by atoms with Gasteiger partial charge in [0.25, 0.3) is 0 Å². The van der Waals surface area contributed by atoms with Gasteiger partial charge in [-0.05, 0) is 56.4 Å². The Hall–Kier alpha value is -0.0800. The van der Waals surface area contributed by atoms with Crippen LogP contribution in [-0.2, 0) is 0 Å². The minimum Gasteiger partial charge on any atom is -0.316 e. The number of hydrogen-bond donors (Lipinski definition) is 2. The van der Waals surface area contributed by atoms with Crippen LogP contribution in [-0.4, -0.2) is 25.2 Å². The third kappa shape index (κ3) is 5.37. The van der Waals surface area contributed by atoms with E-state index >= 15 is 0 Å². The summed E-state index contributed by atoms with van der Waals surface area (Å²) in [6.45, 7) is 9.54. The molecule has 2 fully saturated rings. The first-order valence-electron chi connectivity index (χ1n) is 9.06. The van der Waals surface area contributed by atoms with Crippen molar-refractivity contribution in [2.75, 3.05) is 13.1 Å². The molecule has 0 amide bonds. The molecule has 2 saturated heterocycles. The SMILES string of the molecule is CCCCCC(C)(C)CNCCC1CC2CCC(C1)N2. The predicted octanol–water partition coefficient (Wildman–Crippen LogP) is 4.10. The maximum Gasteiger partial charge on any atom is 0.00728 e. The largest absolute Gasteiger partial charge is 0.316 e. The first-order chi connectivity index (χ1) is 9.59. The van der Waals surface area contributed by atoms with Crippen molar-refractivity contribution < 1.29 is 0 Å². The van der Waals surface area contributed by atoms with E-state index in [0.717, 1.165) is 18.0 Å². The highest BCUT2D eigenvalue weighted by molar-refractivity contribution is 4.92. The smallest absolute Gasteiger partial charge is 0.00728 e. The van der Waals surface area contributed by atoms with Crippen LogP contribution in [0.15, 0.2) is 0 Å². The molecule has 0 saturated carbocycles. The molecule has 2 atom stereocenters. The third-order valence-corrected chi connectivity index (χ3v) is 5.36. The fourth-order valence-electron chi connectivity index (χ4n) is 4.09. The van der Waals surface area contributed by atoms with Gasteiger partial charge in [0, 0.05) is 18.6 Å². The van der Waals surface area contributed by atoms with Gasteiger partial charge >= 0.3 is 0 Å². The van der Waals surface area contributed by atoms with Crippen LogP contribution in [0.5, 0.6) is 0 Å². The summed E-state index contributed by atoms with van der Waals surface area (Å²) in [6.07, 6.45) is 12.6. The van der Waals surface area contributed by atoms with Crippen LogP contribution >= 0.6 is 0 Å². The molecule has 0 aliphatic carbocycles. The van der Waals surface area contributed by atoms with Crippen LogP contribution in [0.3, 0.4) is 0 Å². The molecule has 2 heterocycles. The molecule has 2 unspecified atom stereocenters. The summed E-state index contributed by atoms with van der Waals surface area (Å²) in [4.78, 5) is 0. The Kier molecular flexibility index (Phi) is 6.35. The van der Waals surface area contributed by atoms with Crippen LogP contribution in [0.25, 0.3) is 0 Å². The van der Waals surface area contributed by atoms with Crippen molar-refractivity contribution >= 4 is 0 Å². The second kappa shape index (κ2) is 7.79. The molecule has 2 rings (SSSR count). The maximum absolute atomic E-state index is 3.74. The van der Waals surface area contributed by atoms with Gasteiger partial charge < -0.3 is 10.6 Å². The Bertz CT molecular complexity index is 263. The Morgan fingerprint density at radius 2 is 1.80 bits per heavy atom. The molecule has 0 spiro atoms. The van der Waals surface area contributed by atoms with Crippen LogP contribution < -0.4 is 10.6 Å². The predicted molar refractivity (Wildman–Crippen MR) is 88.1 cm³/mol. The molecule has 0 aromatic heterocycles. The number of nitrogens with one attached hydrogen (secondary N) is 2. The van der Waals surface area contributed by atoms with Crippen molar-refractivity contribution in [3.05, 3.63) is 0 Å². The van der Waals surface area contributed by atoms with E-state index in [0.29, 0.717) is 5.41 Å². The molecule has 2 nitrogen and oxygen atoms in total. The van der Waals surface area contributed by atoms with Gasteiger partial charge in [-0.25, -0.2) is 0 Å². The summed E-state index contributed by atoms with van der Waals surface area (Å²) < 4.78 is 0. The zero-order valence-electron chi connectivity index (χ0n) is 14.0. The van der Waals surface area contributed by atoms with E-state index in [9.17, 15) is 0 Å². The first-order valence-corrected chi connectivity index (χ1v) is 9.06. The standard InChI is InChI=1S/C18H36N2/c1-4-5-6-10-18(2,3)14-19-11-9-15-12-16-7-8-17(13-15)20-16/h15-17,19-20H,4-14H2,1-3H3. The second-order valence-electron chi connectivity index (χ2n) is 8.06. The van der Waals surface area contributed by atoms with Crippen molar-refractivity contribution in [3.8, 4) is 0 Å². The molecule has 2 N–H and O–H groups in total. The molecular weight excluding hydrogens is 244 g/mol. The zero-order chi connectivity index (χ0) is 14.4. The van der Waals surface area contributed by atoms with E-state index in [1.54, 1.807) is 0 Å². The average molecular weight is 280 g/mol. The summed E-state index contributed by atoms with van der Waals surface area (Å²) in [5, 5.41) is 7.47. The highest BCUT2D eigenvalue weighted by Gasteiger charge is 2.32. The van der Waals surface area contributed by atoms with Crippen LogP contribution in [0, 0.1) is 11.3 Å². The van der Waals surface area contributed by atoms with E-state index in [4.69, 9.17) is 0 Å². The van der Waals surface area contributed by atoms with Crippen molar-refractivity contribution in [3.63, 3.8) is 0 Å². The number of hydrogen-bond acceptors (Lipinski definition) is 2. The molecule has 0 aromatic carbocycles. The summed E-state index contributed by atoms with van der Waals surface area (Å²) in [6, 6.07) is 1.70. The number of piperidine rings is 1. The highest BCUT2D eigenvalue weighted by atomic mass is 15.0. The minimum atomic E-state index is 0.475. The summed E-state index contributed by atoms with van der Waals surface area (Å²) in [7, 11) is 0. The van der Waals surface area contributed by atoms with Crippen LogP contribution in [0.1, 0.15) is 78.6 Å². The number of fused-ring (bicyclic) bond motifs is 2. The lowest BCUT2D eigenvalue weighted by Crippen LogP contribution is -2.39. The van der Waals surface area contributed by atoms with Gasteiger partial charge in [0.1, 0.15) is 0 Å². The lowest BCUT2D eigenvalue weighted by Gasteiger charge is -2.30. The molecule has 20 heavy (non-hydrogen) atoms. The van der Waals surface area contributed by atoms with Crippen LogP contribution in [0.4, 0.5) is 0 Å². The molecule has 2 aliphatic rings.